The summed E-state index contributed by atoms with van der Waals surface area (Å²) < 4.78 is 26.8. The molecule has 0 spiro atoms. The zero-order chi connectivity index (χ0) is 19.3. The first-order chi connectivity index (χ1) is 12.3. The minimum Gasteiger partial charge on any atom is -0.343 e. The van der Waals surface area contributed by atoms with Crippen LogP contribution in [0.4, 0.5) is 8.78 Å². The molecule has 140 valence electrons. The number of amides is 2. The number of halogens is 2. The molecule has 26 heavy (non-hydrogen) atoms. The number of pyridine rings is 1. The second-order valence-corrected chi connectivity index (χ2v) is 6.66. The number of carbonyl (C=O) groups excluding carboxylic acids is 2. The SMILES string of the molecule is CCC(C)Cc1cc(C(=O)NCC(=O)N2CC(F)(F)C[C@H]2C#N)ccn1. The Morgan fingerprint density at radius 1 is 1.54 bits per heavy atom. The Bertz CT molecular complexity index is 717. The molecule has 2 atom stereocenters. The van der Waals surface area contributed by atoms with E-state index in [2.05, 4.69) is 24.1 Å². The minimum atomic E-state index is -3.07. The fraction of sp³-hybridized carbons (Fsp3) is 0.556. The smallest absolute Gasteiger partial charge is 0.268 e. The van der Waals surface area contributed by atoms with Crippen molar-refractivity contribution in [2.45, 2.75) is 45.1 Å². The van der Waals surface area contributed by atoms with Gasteiger partial charge < -0.3 is 10.2 Å². The molecule has 1 saturated heterocycles. The number of carbonyl (C=O) groups is 2. The van der Waals surface area contributed by atoms with Crippen molar-refractivity contribution in [3.63, 3.8) is 0 Å². The van der Waals surface area contributed by atoms with Crippen LogP contribution in [0.25, 0.3) is 0 Å². The third-order valence-electron chi connectivity index (χ3n) is 4.47. The molecule has 1 aliphatic rings. The highest BCUT2D eigenvalue weighted by Crippen LogP contribution is 2.31. The van der Waals surface area contributed by atoms with Gasteiger partial charge in [0, 0.05) is 23.9 Å². The summed E-state index contributed by atoms with van der Waals surface area (Å²) >= 11 is 0. The van der Waals surface area contributed by atoms with E-state index in [9.17, 15) is 18.4 Å². The summed E-state index contributed by atoms with van der Waals surface area (Å²) in [5.41, 5.74) is 1.14. The van der Waals surface area contributed by atoms with Crippen molar-refractivity contribution < 1.29 is 18.4 Å². The minimum absolute atomic E-state index is 0.356. The van der Waals surface area contributed by atoms with Gasteiger partial charge >= 0.3 is 0 Å². The average molecular weight is 364 g/mol. The van der Waals surface area contributed by atoms with E-state index in [-0.39, 0.29) is 0 Å². The highest BCUT2D eigenvalue weighted by Gasteiger charge is 2.47. The number of rotatable bonds is 6. The fourth-order valence-electron chi connectivity index (χ4n) is 2.79. The Labute approximate surface area is 151 Å². The van der Waals surface area contributed by atoms with Gasteiger partial charge in [0.2, 0.25) is 5.91 Å². The van der Waals surface area contributed by atoms with Crippen LogP contribution in [-0.2, 0) is 11.2 Å². The van der Waals surface area contributed by atoms with Crippen LogP contribution in [0.15, 0.2) is 18.3 Å². The van der Waals surface area contributed by atoms with E-state index in [0.717, 1.165) is 23.4 Å². The molecule has 8 heteroatoms. The summed E-state index contributed by atoms with van der Waals surface area (Å²) in [6.07, 6.45) is 2.59. The summed E-state index contributed by atoms with van der Waals surface area (Å²) in [6.45, 7) is 2.93. The molecule has 1 aliphatic heterocycles. The van der Waals surface area contributed by atoms with Crippen molar-refractivity contribution in [3.8, 4) is 6.07 Å². The van der Waals surface area contributed by atoms with Crippen molar-refractivity contribution in [2.24, 2.45) is 5.92 Å². The maximum atomic E-state index is 13.4. The monoisotopic (exact) mass is 364 g/mol. The highest BCUT2D eigenvalue weighted by atomic mass is 19.3. The van der Waals surface area contributed by atoms with Crippen LogP contribution in [-0.4, -0.2) is 46.8 Å². The van der Waals surface area contributed by atoms with Gasteiger partial charge in [0.25, 0.3) is 11.8 Å². The van der Waals surface area contributed by atoms with Gasteiger partial charge in [0.05, 0.1) is 19.2 Å². The normalized spacial score (nSPS) is 19.7. The number of hydrogen-bond acceptors (Lipinski definition) is 4. The molecular formula is C18H22F2N4O2. The van der Waals surface area contributed by atoms with Crippen molar-refractivity contribution in [1.29, 1.82) is 5.26 Å². The molecule has 0 aliphatic carbocycles. The molecule has 2 heterocycles. The van der Waals surface area contributed by atoms with Crippen molar-refractivity contribution >= 4 is 11.8 Å². The van der Waals surface area contributed by atoms with Crippen LogP contribution in [0, 0.1) is 17.2 Å². The number of aromatic nitrogens is 1. The van der Waals surface area contributed by atoms with E-state index in [0.29, 0.717) is 11.5 Å². The first kappa shape index (κ1) is 19.8. The quantitative estimate of drug-likeness (QED) is 0.838. The summed E-state index contributed by atoms with van der Waals surface area (Å²) in [7, 11) is 0. The van der Waals surface area contributed by atoms with Crippen LogP contribution in [0.2, 0.25) is 0 Å². The molecule has 6 nitrogen and oxygen atoms in total. The van der Waals surface area contributed by atoms with Crippen molar-refractivity contribution in [3.05, 3.63) is 29.6 Å². The molecule has 1 unspecified atom stereocenters. The van der Waals surface area contributed by atoms with Gasteiger partial charge in [-0.1, -0.05) is 20.3 Å². The predicted octanol–water partition coefficient (Wildman–Crippen LogP) is 2.16. The molecule has 2 amide bonds. The van der Waals surface area contributed by atoms with E-state index in [1.54, 1.807) is 12.1 Å². The second kappa shape index (κ2) is 8.21. The molecule has 2 rings (SSSR count). The first-order valence-corrected chi connectivity index (χ1v) is 8.55. The molecule has 0 saturated carbocycles. The molecule has 1 aromatic rings. The number of hydrogen-bond donors (Lipinski definition) is 1. The molecule has 1 fully saturated rings. The molecule has 1 N–H and O–H groups in total. The Morgan fingerprint density at radius 2 is 2.27 bits per heavy atom. The van der Waals surface area contributed by atoms with E-state index in [1.165, 1.54) is 12.3 Å². The van der Waals surface area contributed by atoms with Crippen LogP contribution < -0.4 is 5.32 Å². The van der Waals surface area contributed by atoms with Gasteiger partial charge in [0.15, 0.2) is 0 Å². The van der Waals surface area contributed by atoms with Gasteiger partial charge in [-0.25, -0.2) is 8.78 Å². The molecular weight excluding hydrogens is 342 g/mol. The lowest BCUT2D eigenvalue weighted by molar-refractivity contribution is -0.131. The van der Waals surface area contributed by atoms with Gasteiger partial charge in [-0.2, -0.15) is 5.26 Å². The zero-order valence-electron chi connectivity index (χ0n) is 14.8. The van der Waals surface area contributed by atoms with Gasteiger partial charge in [-0.15, -0.1) is 0 Å². The first-order valence-electron chi connectivity index (χ1n) is 8.55. The summed E-state index contributed by atoms with van der Waals surface area (Å²) in [5, 5.41) is 11.4. The van der Waals surface area contributed by atoms with Crippen LogP contribution in [0.3, 0.4) is 0 Å². The summed E-state index contributed by atoms with van der Waals surface area (Å²) in [5.74, 6) is -3.82. The Morgan fingerprint density at radius 3 is 2.92 bits per heavy atom. The van der Waals surface area contributed by atoms with E-state index >= 15 is 0 Å². The van der Waals surface area contributed by atoms with Gasteiger partial charge in [0.1, 0.15) is 6.04 Å². The molecule has 0 bridgehead atoms. The highest BCUT2D eigenvalue weighted by molar-refractivity contribution is 5.96. The van der Waals surface area contributed by atoms with Crippen LogP contribution in [0.5, 0.6) is 0 Å². The number of alkyl halides is 2. The zero-order valence-corrected chi connectivity index (χ0v) is 14.8. The third-order valence-corrected chi connectivity index (χ3v) is 4.47. The van der Waals surface area contributed by atoms with E-state index in [4.69, 9.17) is 5.26 Å². The second-order valence-electron chi connectivity index (χ2n) is 6.66. The lowest BCUT2D eigenvalue weighted by Crippen LogP contribution is -2.43. The molecule has 0 radical (unpaired) electrons. The maximum Gasteiger partial charge on any atom is 0.268 e. The van der Waals surface area contributed by atoms with Crippen LogP contribution >= 0.6 is 0 Å². The third kappa shape index (κ3) is 4.97. The average Bonchev–Trinajstić information content (AvgIpc) is 2.94. The van der Waals surface area contributed by atoms with Crippen molar-refractivity contribution in [1.82, 2.24) is 15.2 Å². The fourth-order valence-corrected chi connectivity index (χ4v) is 2.79. The predicted molar refractivity (Wildman–Crippen MR) is 90.4 cm³/mol. The summed E-state index contributed by atoms with van der Waals surface area (Å²) in [6, 6.07) is 3.73. The number of nitrogens with zero attached hydrogens (tertiary/aromatic N) is 3. The van der Waals surface area contributed by atoms with Gasteiger partial charge in [-0.05, 0) is 24.5 Å². The molecule has 1 aromatic heterocycles. The lowest BCUT2D eigenvalue weighted by Gasteiger charge is -2.19. The van der Waals surface area contributed by atoms with E-state index < -0.39 is 43.3 Å². The largest absolute Gasteiger partial charge is 0.343 e. The maximum absolute atomic E-state index is 13.4. The molecule has 0 aromatic carbocycles. The van der Waals surface area contributed by atoms with Crippen molar-refractivity contribution in [2.75, 3.05) is 13.1 Å². The van der Waals surface area contributed by atoms with E-state index in [1.807, 2.05) is 0 Å². The Balaban J connectivity index is 1.95. The number of nitriles is 1. The van der Waals surface area contributed by atoms with Gasteiger partial charge in [-0.3, -0.25) is 14.6 Å². The lowest BCUT2D eigenvalue weighted by atomic mass is 10.0. The summed E-state index contributed by atoms with van der Waals surface area (Å²) in [4.78, 5) is 29.4. The standard InChI is InChI=1S/C18H22F2N4O2/c1-3-12(2)6-14-7-13(4-5-22-14)17(26)23-10-16(25)24-11-18(19,20)8-15(24)9-21/h4-5,7,12,15H,3,6,8,10-11H2,1-2H3,(H,23,26)/t12?,15-/m0/s1. The number of nitrogens with one attached hydrogen (secondary N) is 1. The van der Waals surface area contributed by atoms with Crippen LogP contribution in [0.1, 0.15) is 42.7 Å². The Kier molecular flexibility index (Phi) is 6.24. The topological polar surface area (TPSA) is 86.1 Å². The Hall–Kier alpha value is -2.56. The number of likely N-dealkylation sites (tertiary alicyclic amines) is 1.